The van der Waals surface area contributed by atoms with Crippen LogP contribution in [0, 0.1) is 0 Å². The molecule has 0 unspecified atom stereocenters. The minimum absolute atomic E-state index is 0.0922. The summed E-state index contributed by atoms with van der Waals surface area (Å²) in [5.74, 6) is -1.34. The number of hydrogen-bond donors (Lipinski definition) is 3. The second-order valence-corrected chi connectivity index (χ2v) is 11.3. The minimum atomic E-state index is -4.25. The number of hydrogen-bond acceptors (Lipinski definition) is 7. The first-order valence-corrected chi connectivity index (χ1v) is 14.4. The molecule has 12 heteroatoms. The van der Waals surface area contributed by atoms with Crippen LogP contribution in [0.4, 0.5) is 0 Å². The van der Waals surface area contributed by atoms with Crippen molar-refractivity contribution >= 4 is 44.1 Å². The van der Waals surface area contributed by atoms with Crippen LogP contribution in [0.25, 0.3) is 10.9 Å². The summed E-state index contributed by atoms with van der Waals surface area (Å²) in [6.45, 7) is 2.25. The van der Waals surface area contributed by atoms with Crippen LogP contribution >= 0.6 is 11.3 Å². The molecule has 4 aromatic rings. The number of likely N-dealkylation sites (N-methyl/N-ethyl adjacent to an activating group) is 1. The van der Waals surface area contributed by atoms with Crippen LogP contribution in [0.1, 0.15) is 29.8 Å². The van der Waals surface area contributed by atoms with Gasteiger partial charge in [0.1, 0.15) is 11.8 Å². The predicted molar refractivity (Wildman–Crippen MR) is 147 cm³/mol. The van der Waals surface area contributed by atoms with Crippen molar-refractivity contribution in [1.82, 2.24) is 14.6 Å². The van der Waals surface area contributed by atoms with Crippen molar-refractivity contribution in [2.75, 3.05) is 13.2 Å². The molecule has 204 valence electrons. The smallest absolute Gasteiger partial charge is 0.306 e. The Morgan fingerprint density at radius 1 is 1.10 bits per heavy atom. The van der Waals surface area contributed by atoms with Crippen LogP contribution < -0.4 is 15.0 Å². The van der Waals surface area contributed by atoms with E-state index in [0.717, 1.165) is 4.88 Å². The number of H-pyrrole nitrogens is 1. The standard InChI is InChI=1S/C27H27N3O7S2/c1-2-30(17-19-6-5-15-38-19)27(34)26(21-7-3-4-8-23(21)37-14-13-25(32)33)29-39(35,36)20-10-11-22-18(16-20)9-12-24(31)28-22/h3-12,15-16,26,29H,2,13-14,17H2,1H3,(H,28,31)(H,32,33)/t26-/m1/s1. The molecule has 0 aliphatic heterocycles. The molecule has 2 heterocycles. The highest BCUT2D eigenvalue weighted by Gasteiger charge is 2.32. The second kappa shape index (κ2) is 12.2. The van der Waals surface area contributed by atoms with E-state index in [0.29, 0.717) is 17.4 Å². The van der Waals surface area contributed by atoms with Gasteiger partial charge < -0.3 is 19.7 Å². The monoisotopic (exact) mass is 569 g/mol. The molecule has 2 aromatic heterocycles. The molecule has 0 aliphatic carbocycles. The van der Waals surface area contributed by atoms with Crippen LogP contribution in [0.3, 0.4) is 0 Å². The van der Waals surface area contributed by atoms with E-state index in [-0.39, 0.29) is 41.3 Å². The number of pyridine rings is 1. The van der Waals surface area contributed by atoms with E-state index in [9.17, 15) is 22.8 Å². The highest BCUT2D eigenvalue weighted by atomic mass is 32.2. The Labute approximate surface area is 228 Å². The van der Waals surface area contributed by atoms with E-state index in [4.69, 9.17) is 9.84 Å². The summed E-state index contributed by atoms with van der Waals surface area (Å²) in [5.41, 5.74) is 0.414. The molecule has 2 aromatic carbocycles. The Morgan fingerprint density at radius 2 is 1.90 bits per heavy atom. The highest BCUT2D eigenvalue weighted by molar-refractivity contribution is 7.89. The van der Waals surface area contributed by atoms with Gasteiger partial charge in [-0.15, -0.1) is 11.3 Å². The zero-order chi connectivity index (χ0) is 28.0. The molecule has 0 saturated heterocycles. The lowest BCUT2D eigenvalue weighted by molar-refractivity contribution is -0.137. The van der Waals surface area contributed by atoms with Crippen LogP contribution in [-0.2, 0) is 26.2 Å². The Hall–Kier alpha value is -4.00. The first-order chi connectivity index (χ1) is 18.7. The maximum absolute atomic E-state index is 13.9. The zero-order valence-corrected chi connectivity index (χ0v) is 22.6. The third-order valence-corrected chi connectivity index (χ3v) is 8.23. The summed E-state index contributed by atoms with van der Waals surface area (Å²) in [7, 11) is -4.25. The molecule has 4 rings (SSSR count). The maximum Gasteiger partial charge on any atom is 0.306 e. The number of sulfonamides is 1. The average molecular weight is 570 g/mol. The number of ether oxygens (including phenoxy) is 1. The fourth-order valence-corrected chi connectivity index (χ4v) is 5.91. The van der Waals surface area contributed by atoms with Crippen LogP contribution in [0.5, 0.6) is 5.75 Å². The Kier molecular flexibility index (Phi) is 8.79. The zero-order valence-electron chi connectivity index (χ0n) is 21.0. The molecule has 1 amide bonds. The number of nitrogens with zero attached hydrogens (tertiary/aromatic N) is 1. The van der Waals surface area contributed by atoms with E-state index >= 15 is 0 Å². The van der Waals surface area contributed by atoms with Crippen LogP contribution in [0.2, 0.25) is 0 Å². The fraction of sp³-hybridized carbons (Fsp3) is 0.222. The Balaban J connectivity index is 1.73. The first kappa shape index (κ1) is 28.0. The number of fused-ring (bicyclic) bond motifs is 1. The Bertz CT molecular complexity index is 1630. The number of amides is 1. The molecule has 1 atom stereocenters. The van der Waals surface area contributed by atoms with Crippen molar-refractivity contribution in [3.8, 4) is 5.75 Å². The molecule has 0 saturated carbocycles. The number of aliphatic carboxylic acids is 1. The fourth-order valence-electron chi connectivity index (χ4n) is 3.99. The van der Waals surface area contributed by atoms with Gasteiger partial charge in [0.05, 0.1) is 24.5 Å². The SMILES string of the molecule is CCN(Cc1cccs1)C(=O)[C@H](NS(=O)(=O)c1ccc2[nH]c(=O)ccc2c1)c1ccccc1OCCC(=O)O. The molecular formula is C27H27N3O7S2. The normalized spacial score (nSPS) is 12.2. The van der Waals surface area contributed by atoms with Crippen molar-refractivity contribution in [1.29, 1.82) is 0 Å². The van der Waals surface area contributed by atoms with E-state index in [1.165, 1.54) is 46.6 Å². The summed E-state index contributed by atoms with van der Waals surface area (Å²) in [5, 5.41) is 11.4. The molecule has 3 N–H and O–H groups in total. The van der Waals surface area contributed by atoms with Gasteiger partial charge in [-0.1, -0.05) is 24.3 Å². The van der Waals surface area contributed by atoms with Gasteiger partial charge in [0.15, 0.2) is 0 Å². The molecule has 0 aliphatic rings. The third kappa shape index (κ3) is 6.91. The van der Waals surface area contributed by atoms with Crippen molar-refractivity contribution in [3.63, 3.8) is 0 Å². The van der Waals surface area contributed by atoms with Gasteiger partial charge in [0.2, 0.25) is 21.5 Å². The lowest BCUT2D eigenvalue weighted by Crippen LogP contribution is -2.42. The van der Waals surface area contributed by atoms with E-state index in [2.05, 4.69) is 9.71 Å². The number of carboxylic acids is 1. The van der Waals surface area contributed by atoms with E-state index in [1.807, 2.05) is 17.5 Å². The number of thiophene rings is 1. The molecule has 10 nitrogen and oxygen atoms in total. The van der Waals surface area contributed by atoms with Gasteiger partial charge >= 0.3 is 5.97 Å². The summed E-state index contributed by atoms with van der Waals surface area (Å²) in [6.07, 6.45) is -0.267. The number of nitrogens with one attached hydrogen (secondary N) is 2. The van der Waals surface area contributed by atoms with Gasteiger partial charge in [-0.25, -0.2) is 8.42 Å². The molecule has 0 radical (unpaired) electrons. The molecule has 0 bridgehead atoms. The van der Waals surface area contributed by atoms with Crippen molar-refractivity contribution in [2.24, 2.45) is 0 Å². The largest absolute Gasteiger partial charge is 0.493 e. The predicted octanol–water partition coefficient (Wildman–Crippen LogP) is 3.51. The van der Waals surface area contributed by atoms with E-state index in [1.54, 1.807) is 31.2 Å². The maximum atomic E-state index is 13.9. The summed E-state index contributed by atoms with van der Waals surface area (Å²) in [4.78, 5) is 41.6. The number of benzene rings is 2. The number of rotatable bonds is 12. The first-order valence-electron chi connectivity index (χ1n) is 12.1. The van der Waals surface area contributed by atoms with Gasteiger partial charge in [-0.2, -0.15) is 4.72 Å². The lowest BCUT2D eigenvalue weighted by Gasteiger charge is -2.28. The van der Waals surface area contributed by atoms with Gasteiger partial charge in [0, 0.05) is 28.6 Å². The second-order valence-electron chi connectivity index (χ2n) is 8.59. The van der Waals surface area contributed by atoms with Crippen molar-refractivity contribution < 1.29 is 27.9 Å². The minimum Gasteiger partial charge on any atom is -0.493 e. The quantitative estimate of drug-likeness (QED) is 0.237. The number of carboxylic acid groups (broad SMARTS) is 1. The highest BCUT2D eigenvalue weighted by Crippen LogP contribution is 2.30. The summed E-state index contributed by atoms with van der Waals surface area (Å²) >= 11 is 1.48. The van der Waals surface area contributed by atoms with Gasteiger partial charge in [0.25, 0.3) is 0 Å². The van der Waals surface area contributed by atoms with Crippen LogP contribution in [-0.4, -0.2) is 48.4 Å². The number of carbonyl (C=O) groups excluding carboxylic acids is 1. The average Bonchev–Trinajstić information content (AvgIpc) is 3.43. The molecular weight excluding hydrogens is 542 g/mol. The number of aromatic amines is 1. The van der Waals surface area contributed by atoms with Crippen molar-refractivity contribution in [2.45, 2.75) is 30.8 Å². The third-order valence-electron chi connectivity index (χ3n) is 5.95. The number of aromatic nitrogens is 1. The number of para-hydroxylation sites is 1. The Morgan fingerprint density at radius 3 is 2.62 bits per heavy atom. The van der Waals surface area contributed by atoms with Gasteiger partial charge in [-0.05, 0) is 54.1 Å². The molecule has 39 heavy (non-hydrogen) atoms. The lowest BCUT2D eigenvalue weighted by atomic mass is 10.0. The van der Waals surface area contributed by atoms with Gasteiger partial charge in [-0.3, -0.25) is 14.4 Å². The summed E-state index contributed by atoms with van der Waals surface area (Å²) in [6, 6.07) is 15.9. The topological polar surface area (TPSA) is 146 Å². The van der Waals surface area contributed by atoms with E-state index < -0.39 is 27.9 Å². The number of carbonyl (C=O) groups is 2. The van der Waals surface area contributed by atoms with Crippen LogP contribution in [0.15, 0.2) is 81.8 Å². The van der Waals surface area contributed by atoms with Crippen molar-refractivity contribution in [3.05, 3.63) is 92.9 Å². The summed E-state index contributed by atoms with van der Waals surface area (Å²) < 4.78 is 35.4. The molecule has 0 fully saturated rings. The molecule has 0 spiro atoms.